The normalized spacial score (nSPS) is 18.0. The van der Waals surface area contributed by atoms with Crippen molar-refractivity contribution in [1.29, 1.82) is 10.5 Å². The molecule has 2 aliphatic rings. The van der Waals surface area contributed by atoms with Crippen LogP contribution in [0, 0.1) is 28.1 Å². The van der Waals surface area contributed by atoms with Crippen LogP contribution in [0.4, 0.5) is 0 Å². The molecule has 292 valence electrons. The molecule has 2 aromatic carbocycles. The molecule has 0 saturated carbocycles. The second-order valence-electron chi connectivity index (χ2n) is 14.1. The molecule has 1 atom stereocenters. The Bertz CT molecular complexity index is 1680. The molecule has 2 aliphatic heterocycles. The van der Waals surface area contributed by atoms with Crippen LogP contribution in [0.1, 0.15) is 114 Å². The fourth-order valence-electron chi connectivity index (χ4n) is 6.10. The summed E-state index contributed by atoms with van der Waals surface area (Å²) in [5.74, 6) is 2.97. The second kappa shape index (κ2) is 23.7. The number of hydrogen-bond acceptors (Lipinski definition) is 10. The van der Waals surface area contributed by atoms with Crippen molar-refractivity contribution in [2.75, 3.05) is 36.2 Å². The van der Waals surface area contributed by atoms with Gasteiger partial charge in [0.1, 0.15) is 23.3 Å². The number of rotatable bonds is 18. The molecular formula is C45H54N2O4S4. The van der Waals surface area contributed by atoms with E-state index in [0.717, 1.165) is 96.6 Å². The first-order valence-corrected chi connectivity index (χ1v) is 23.4. The largest absolute Gasteiger partial charge is 0.462 e. The number of unbranched alkanes of at least 4 members (excludes halogenated alkanes) is 8. The Morgan fingerprint density at radius 1 is 0.600 bits per heavy atom. The van der Waals surface area contributed by atoms with Crippen molar-refractivity contribution >= 4 is 80.9 Å². The SMILES string of the molecule is CCCCCCCOC(=O)/C(C#N)=C\c1ccc(C2=C(C)SCC3(CSC(C)=C(c4ccc(/C=C(\C#N)C(=O)OCCCCCCC)cc4)SC3)CS2)cc1. The smallest absolute Gasteiger partial charge is 0.348 e. The first-order valence-electron chi connectivity index (χ1n) is 19.4. The monoisotopic (exact) mass is 814 g/mol. The lowest BCUT2D eigenvalue weighted by Gasteiger charge is -2.30. The number of nitrogens with zero attached hydrogens (tertiary/aromatic N) is 2. The van der Waals surface area contributed by atoms with Gasteiger partial charge in [-0.25, -0.2) is 9.59 Å². The van der Waals surface area contributed by atoms with E-state index in [9.17, 15) is 20.1 Å². The van der Waals surface area contributed by atoms with Crippen molar-refractivity contribution < 1.29 is 19.1 Å². The average molecular weight is 815 g/mol. The summed E-state index contributed by atoms with van der Waals surface area (Å²) in [5.41, 5.74) is 4.06. The Labute approximate surface area is 346 Å². The summed E-state index contributed by atoms with van der Waals surface area (Å²) in [6, 6.07) is 20.3. The third kappa shape index (κ3) is 14.0. The van der Waals surface area contributed by atoms with E-state index in [0.29, 0.717) is 13.2 Å². The highest BCUT2D eigenvalue weighted by Crippen LogP contribution is 2.52. The molecule has 1 unspecified atom stereocenters. The zero-order chi connectivity index (χ0) is 39.5. The van der Waals surface area contributed by atoms with Crippen molar-refractivity contribution in [2.45, 2.75) is 91.9 Å². The zero-order valence-electron chi connectivity index (χ0n) is 32.7. The highest BCUT2D eigenvalue weighted by molar-refractivity contribution is 8.13. The third-order valence-corrected chi connectivity index (χ3v) is 15.7. The molecule has 0 aliphatic carbocycles. The minimum atomic E-state index is -0.561. The summed E-state index contributed by atoms with van der Waals surface area (Å²) in [5, 5.41) is 19.3. The molecule has 55 heavy (non-hydrogen) atoms. The van der Waals surface area contributed by atoms with E-state index < -0.39 is 11.9 Å². The molecule has 6 nitrogen and oxygen atoms in total. The van der Waals surface area contributed by atoms with Crippen LogP contribution in [0.15, 0.2) is 69.5 Å². The van der Waals surface area contributed by atoms with Gasteiger partial charge in [0, 0.05) is 38.2 Å². The topological polar surface area (TPSA) is 100 Å². The van der Waals surface area contributed by atoms with E-state index >= 15 is 0 Å². The average Bonchev–Trinajstić information content (AvgIpc) is 3.47. The number of nitriles is 2. The highest BCUT2D eigenvalue weighted by atomic mass is 32.2. The molecule has 0 N–H and O–H groups in total. The number of thioether (sulfide) groups is 4. The van der Waals surface area contributed by atoms with Gasteiger partial charge in [-0.05, 0) is 70.9 Å². The van der Waals surface area contributed by atoms with Crippen LogP contribution in [0.2, 0.25) is 0 Å². The fourth-order valence-corrected chi connectivity index (χ4v) is 12.3. The van der Waals surface area contributed by atoms with Crippen LogP contribution < -0.4 is 0 Å². The molecule has 0 radical (unpaired) electrons. The number of carbonyl (C=O) groups is 2. The van der Waals surface area contributed by atoms with Gasteiger partial charge in [0.05, 0.1) is 13.2 Å². The molecule has 1 spiro atoms. The van der Waals surface area contributed by atoms with Gasteiger partial charge >= 0.3 is 11.9 Å². The first-order chi connectivity index (χ1) is 26.7. The number of esters is 2. The van der Waals surface area contributed by atoms with E-state index in [2.05, 4.69) is 52.0 Å². The maximum Gasteiger partial charge on any atom is 0.348 e. The van der Waals surface area contributed by atoms with Gasteiger partial charge in [-0.3, -0.25) is 0 Å². The van der Waals surface area contributed by atoms with Crippen LogP contribution in [0.3, 0.4) is 0 Å². The molecule has 10 heteroatoms. The lowest BCUT2D eigenvalue weighted by Crippen LogP contribution is -2.31. The van der Waals surface area contributed by atoms with Gasteiger partial charge in [0.25, 0.3) is 0 Å². The van der Waals surface area contributed by atoms with Crippen molar-refractivity contribution in [3.05, 3.63) is 91.7 Å². The molecule has 2 heterocycles. The van der Waals surface area contributed by atoms with Gasteiger partial charge in [-0.2, -0.15) is 10.5 Å². The lowest BCUT2D eigenvalue weighted by atomic mass is 9.99. The Morgan fingerprint density at radius 3 is 1.33 bits per heavy atom. The van der Waals surface area contributed by atoms with E-state index in [1.165, 1.54) is 32.5 Å². The Morgan fingerprint density at radius 2 is 0.964 bits per heavy atom. The maximum absolute atomic E-state index is 12.5. The maximum atomic E-state index is 12.5. The summed E-state index contributed by atoms with van der Waals surface area (Å²) in [7, 11) is 0. The van der Waals surface area contributed by atoms with E-state index in [-0.39, 0.29) is 16.6 Å². The van der Waals surface area contributed by atoms with Crippen LogP contribution in [-0.2, 0) is 19.1 Å². The number of hydrogen-bond donors (Lipinski definition) is 0. The van der Waals surface area contributed by atoms with Crippen LogP contribution >= 0.6 is 47.0 Å². The first kappa shape index (κ1) is 44.4. The highest BCUT2D eigenvalue weighted by Gasteiger charge is 2.36. The number of carbonyl (C=O) groups excluding carboxylic acids is 2. The summed E-state index contributed by atoms with van der Waals surface area (Å²) < 4.78 is 10.7. The molecule has 2 aromatic rings. The Balaban J connectivity index is 1.33. The second-order valence-corrected chi connectivity index (χ2v) is 18.5. The third-order valence-electron chi connectivity index (χ3n) is 9.49. The molecule has 0 amide bonds. The van der Waals surface area contributed by atoms with Crippen molar-refractivity contribution in [3.8, 4) is 12.1 Å². The van der Waals surface area contributed by atoms with E-state index in [1.807, 2.05) is 83.5 Å². The molecule has 0 saturated heterocycles. The minimum Gasteiger partial charge on any atom is -0.462 e. The molecule has 0 bridgehead atoms. The number of benzene rings is 2. The van der Waals surface area contributed by atoms with Gasteiger partial charge < -0.3 is 9.47 Å². The van der Waals surface area contributed by atoms with Crippen molar-refractivity contribution in [3.63, 3.8) is 0 Å². The predicted octanol–water partition coefficient (Wildman–Crippen LogP) is 12.6. The van der Waals surface area contributed by atoms with Crippen LogP contribution in [0.5, 0.6) is 0 Å². The van der Waals surface area contributed by atoms with Crippen molar-refractivity contribution in [2.24, 2.45) is 5.41 Å². The summed E-state index contributed by atoms with van der Waals surface area (Å²) in [6.07, 6.45) is 13.9. The van der Waals surface area contributed by atoms with Gasteiger partial charge in [0.2, 0.25) is 0 Å². The summed E-state index contributed by atoms with van der Waals surface area (Å²) in [4.78, 5) is 30.2. The van der Waals surface area contributed by atoms with Crippen LogP contribution in [0.25, 0.3) is 22.0 Å². The van der Waals surface area contributed by atoms with Crippen molar-refractivity contribution in [1.82, 2.24) is 0 Å². The van der Waals surface area contributed by atoms with E-state index in [4.69, 9.17) is 9.47 Å². The number of allylic oxidation sites excluding steroid dienone is 2. The molecule has 4 rings (SSSR count). The molecule has 0 fully saturated rings. The van der Waals surface area contributed by atoms with Crippen LogP contribution in [-0.4, -0.2) is 48.2 Å². The van der Waals surface area contributed by atoms with E-state index in [1.54, 1.807) is 12.2 Å². The minimum absolute atomic E-state index is 0.0197. The standard InChI is InChI=1S/C45H54N2O4S4/c1-5-7-9-11-13-23-50-43(48)39(27-46)25-35-15-19-37(20-16-35)41-33(3)52-29-45(31-54-41)30-53-34(4)42(55-32-45)38-21-17-36(18-22-38)26-40(28-47)44(49)51-24-14-12-10-8-6-2/h15-22,25-26H,5-14,23-24,29-32H2,1-4H3/b39-25-,40-26+. The number of ether oxygens (including phenoxy) is 2. The summed E-state index contributed by atoms with van der Waals surface area (Å²) in [6.45, 7) is 9.43. The fraction of sp³-hybridized carbons (Fsp3) is 0.467. The Hall–Kier alpha value is -3.28. The van der Waals surface area contributed by atoms with Gasteiger partial charge in [-0.15, -0.1) is 47.0 Å². The lowest BCUT2D eigenvalue weighted by molar-refractivity contribution is -0.139. The molecular weight excluding hydrogens is 761 g/mol. The van der Waals surface area contributed by atoms with Gasteiger partial charge in [-0.1, -0.05) is 114 Å². The molecule has 0 aromatic heterocycles. The van der Waals surface area contributed by atoms with Gasteiger partial charge in [0.15, 0.2) is 0 Å². The zero-order valence-corrected chi connectivity index (χ0v) is 36.0. The quantitative estimate of drug-likeness (QED) is 0.0626. The summed E-state index contributed by atoms with van der Waals surface area (Å²) >= 11 is 7.73. The predicted molar refractivity (Wildman–Crippen MR) is 237 cm³/mol. The Kier molecular flexibility index (Phi) is 19.2.